The molecule has 0 radical (unpaired) electrons. The second-order valence-electron chi connectivity index (χ2n) is 32.3. The van der Waals surface area contributed by atoms with Crippen LogP contribution in [0.3, 0.4) is 0 Å². The van der Waals surface area contributed by atoms with Crippen LogP contribution < -0.4 is 27.8 Å². The van der Waals surface area contributed by atoms with Gasteiger partial charge in [0.1, 0.15) is 32.1 Å². The molecule has 0 aliphatic carbocycles. The van der Waals surface area contributed by atoms with Crippen LogP contribution in [-0.2, 0) is 5.75 Å². The molecule has 1 aliphatic heterocycles. The number of aliphatic imine (C=N–C) groups is 1. The van der Waals surface area contributed by atoms with Gasteiger partial charge in [-0.1, -0.05) is 269 Å². The first kappa shape index (κ1) is 108. The summed E-state index contributed by atoms with van der Waals surface area (Å²) >= 11 is 50.3. The van der Waals surface area contributed by atoms with Crippen LogP contribution in [0.1, 0.15) is 70.3 Å². The number of aliphatic hydroxyl groups is 2. The molecule has 20 aromatic rings. The maximum absolute atomic E-state index is 13.6. The fourth-order valence-corrected chi connectivity index (χ4v) is 20.2. The predicted octanol–water partition coefficient (Wildman–Crippen LogP) is 21.4. The number of Topliss-reactive ketones (excluding diaryl/α,β-unsaturated/α-hetero) is 3. The molecule has 1 aliphatic rings. The van der Waals surface area contributed by atoms with Gasteiger partial charge < -0.3 is 35.1 Å². The molecule has 0 saturated carbocycles. The minimum Gasteiger partial charge on any atom is -0.396 e. The number of fused-ring (bicyclic) bond motifs is 6. The number of nitrogens with one attached hydrogen (secondary N) is 5. The highest BCUT2D eigenvalue weighted by atomic mass is 35.5. The average molecular weight is 2250 g/mol. The van der Waals surface area contributed by atoms with Crippen LogP contribution in [0.25, 0.3) is 89.3 Å². The zero-order valence-corrected chi connectivity index (χ0v) is 88.6. The number of carbonyl (C=O) groups excluding carboxylic acids is 3. The van der Waals surface area contributed by atoms with Crippen LogP contribution >= 0.6 is 152 Å². The number of hydrogen-bond acceptors (Lipinski definition) is 29. The van der Waals surface area contributed by atoms with Gasteiger partial charge in [-0.3, -0.25) is 38.4 Å². The SMILES string of the molecule is C/C=C/CSc1nc2c(cnn2-c2cccc(Cl)c2)c(=O)[nH]1.CC(C)CSc1nc2c(cnn2-c2cccc(Cl)c2)c(=O)[nH]1.O=C(CSC1=Nc2c(cnn2-c2cccc(Cl)c2)C(=O)C1CC(=O)c1ccccc1)c1ccccc1.O=c1[nH]c(SCCCO)nc2c1cnn2-c1cccc(Cl)c1.O=c1[nH]c(SCCO)nc2c1cnn2-c1cccc(Cl)c1.O=c1[nH]c(SCc2ccc(Cl)nc2)nc2c1cnn2-c1cccc(Cl)c1. The van der Waals surface area contributed by atoms with Gasteiger partial charge in [-0.15, -0.1) is 11.8 Å². The number of thioether (sulfide) groups is 6. The number of allylic oxidation sites excluding steroid dienone is 1. The lowest BCUT2D eigenvalue weighted by molar-refractivity contribution is 0.0888. The second kappa shape index (κ2) is 51.5. The van der Waals surface area contributed by atoms with E-state index in [4.69, 9.17) is 96.4 Å². The predicted molar refractivity (Wildman–Crippen MR) is 595 cm³/mol. The lowest BCUT2D eigenvalue weighted by Gasteiger charge is -2.21. The molecular weight excluding hydrogens is 2160 g/mol. The van der Waals surface area contributed by atoms with Crippen molar-refractivity contribution >= 4 is 235 Å². The van der Waals surface area contributed by atoms with Crippen molar-refractivity contribution in [1.29, 1.82) is 0 Å². The minimum absolute atomic E-state index is 0.0139. The van der Waals surface area contributed by atoms with Crippen molar-refractivity contribution in [2.75, 3.05) is 42.0 Å². The number of H-pyrrole nitrogens is 5. The van der Waals surface area contributed by atoms with E-state index in [2.05, 4.69) is 99.3 Å². The molecule has 7 N–H and O–H groups in total. The van der Waals surface area contributed by atoms with E-state index in [0.717, 1.165) is 45.5 Å². The number of aliphatic hydroxyl groups excluding tert-OH is 2. The van der Waals surface area contributed by atoms with Crippen LogP contribution in [0.5, 0.6) is 0 Å². The molecule has 0 fully saturated rings. The molecule has 0 spiro atoms. The Hall–Kier alpha value is -13.7. The number of carbonyl (C=O) groups is 3. The fourth-order valence-electron chi connectivity index (χ4n) is 14.3. The summed E-state index contributed by atoms with van der Waals surface area (Å²) in [7, 11) is 0. The largest absolute Gasteiger partial charge is 0.396 e. The Kier molecular flexibility index (Phi) is 37.4. The summed E-state index contributed by atoms with van der Waals surface area (Å²) in [6, 6.07) is 64.6. The third-order valence-electron chi connectivity index (χ3n) is 21.3. The number of rotatable bonds is 28. The Morgan fingerprint density at radius 2 is 0.745 bits per heavy atom. The lowest BCUT2D eigenvalue weighted by atomic mass is 9.91. The molecule has 47 heteroatoms. The Morgan fingerprint density at radius 3 is 1.10 bits per heavy atom. The van der Waals surface area contributed by atoms with E-state index in [-0.39, 0.29) is 70.5 Å². The maximum Gasteiger partial charge on any atom is 0.262 e. The highest BCUT2D eigenvalue weighted by molar-refractivity contribution is 8.14. The molecule has 0 bridgehead atoms. The van der Waals surface area contributed by atoms with E-state index in [0.29, 0.717) is 179 Å². The monoisotopic (exact) mass is 2240 g/mol. The summed E-state index contributed by atoms with van der Waals surface area (Å²) in [4.78, 5) is 145. The van der Waals surface area contributed by atoms with Gasteiger partial charge >= 0.3 is 0 Å². The quantitative estimate of drug-likeness (QED) is 0.00598. The molecule has 1 unspecified atom stereocenters. The zero-order valence-electron chi connectivity index (χ0n) is 78.5. The van der Waals surface area contributed by atoms with Gasteiger partial charge in [-0.05, 0) is 140 Å². The van der Waals surface area contributed by atoms with E-state index in [9.17, 15) is 38.4 Å². The summed E-state index contributed by atoms with van der Waals surface area (Å²) in [5.41, 5.74) is 8.22. The summed E-state index contributed by atoms with van der Waals surface area (Å²) < 4.78 is 9.57. The van der Waals surface area contributed by atoms with Crippen molar-refractivity contribution in [2.45, 2.75) is 65.1 Å². The number of ketones is 3. The summed E-state index contributed by atoms with van der Waals surface area (Å²) in [5.74, 6) is 3.05. The lowest BCUT2D eigenvalue weighted by Crippen LogP contribution is -2.29. The average Bonchev–Trinajstić information content (AvgIpc) is 1.65. The Bertz CT molecular complexity index is 8640. The molecule has 8 aromatic carbocycles. The molecule has 21 rings (SSSR count). The van der Waals surface area contributed by atoms with Crippen LogP contribution in [-0.4, -0.2) is 188 Å². The number of benzene rings is 8. The number of nitrogens with zero attached hydrogens (tertiary/aromatic N) is 19. The van der Waals surface area contributed by atoms with Gasteiger partial charge in [-0.2, -0.15) is 30.6 Å². The molecule has 1 atom stereocenters. The molecule has 756 valence electrons. The molecule has 149 heavy (non-hydrogen) atoms. The van der Waals surface area contributed by atoms with Gasteiger partial charge in [0.2, 0.25) is 0 Å². The summed E-state index contributed by atoms with van der Waals surface area (Å²) in [6.07, 6.45) is 15.2. The highest BCUT2D eigenvalue weighted by Gasteiger charge is 2.37. The third-order valence-corrected chi connectivity index (χ3v) is 28.9. The molecule has 13 heterocycles. The van der Waals surface area contributed by atoms with Crippen molar-refractivity contribution in [1.82, 2.24) is 114 Å². The molecule has 12 aromatic heterocycles. The van der Waals surface area contributed by atoms with Crippen LogP contribution in [0.4, 0.5) is 5.82 Å². The van der Waals surface area contributed by atoms with Crippen molar-refractivity contribution in [3.05, 3.63) is 383 Å². The maximum atomic E-state index is 13.6. The van der Waals surface area contributed by atoms with Crippen molar-refractivity contribution in [2.24, 2.45) is 16.8 Å². The first-order valence-electron chi connectivity index (χ1n) is 45.3. The first-order chi connectivity index (χ1) is 72.2. The van der Waals surface area contributed by atoms with Gasteiger partial charge in [-0.25, -0.2) is 63.0 Å². The summed E-state index contributed by atoms with van der Waals surface area (Å²) in [6.45, 7) is 6.33. The topological polar surface area (TPSA) is 453 Å². The third kappa shape index (κ3) is 27.7. The Morgan fingerprint density at radius 1 is 0.389 bits per heavy atom. The van der Waals surface area contributed by atoms with Crippen LogP contribution in [0, 0.1) is 11.8 Å². The zero-order chi connectivity index (χ0) is 105. The number of aromatic amines is 5. The number of hydrogen-bond donors (Lipinski definition) is 7. The molecule has 0 amide bonds. The van der Waals surface area contributed by atoms with E-state index in [1.165, 1.54) is 108 Å². The van der Waals surface area contributed by atoms with Crippen molar-refractivity contribution < 1.29 is 24.6 Å². The number of aromatic nitrogens is 23. The van der Waals surface area contributed by atoms with E-state index >= 15 is 0 Å². The second-order valence-corrected chi connectivity index (χ2v) is 41.4. The minimum atomic E-state index is -0.796. The Labute approximate surface area is 906 Å². The normalized spacial score (nSPS) is 12.1. The molecular formula is C102H83Cl7N24O10S6. The summed E-state index contributed by atoms with van der Waals surface area (Å²) in [5, 5.41) is 52.5. The molecule has 34 nitrogen and oxygen atoms in total. The number of halogens is 7. The standard InChI is InChI=1S/C28H20ClN3O3S.C17H11Cl2N5OS.C15H15ClN4OS.C15H13ClN4OS.C14H13ClN4O2S.C13H11ClN4O2S/c29-20-12-7-13-21(14-20)32-27-23(16-30-32)26(35)22(15-24(33)18-8-3-1-4-9-18)28(31-27)36-17-25(34)19-10-5-2-6-11-19;18-11-2-1-3-12(6-11)24-15-13(8-21-24)16(25)23-17(22-15)26-9-10-4-5-14(19)20-7-10;1-9(2)8-22-15-18-13-12(14(21)19-15)7-17-20(13)11-5-3-4-10(16)6-11;1-2-3-7-22-15-18-13-12(14(21)19-15)9-17-20(13)11-6-4-5-10(16)8-11;15-9-3-1-4-10(7-9)19-12-11(8-16-19)13(21)18-14(17-12)22-6-2-5-20;14-8-2-1-3-9(6-8)18-11-10(7-15-18)12(20)17-13(16-11)21-5-4-19/h1-14,16,22H,15,17H2;1-8H,9H2,(H,22,23,25);3-7,9H,8H2,1-2H3,(H,18,19,21);2-6,8-9H,7H2,1H3,(H,18,19,21);1,3-4,7-8,20H,2,5-6H2,(H,17,18,21);1-3,6-7,19H,4-5H2,(H,16,17,20)/b;;;3-2+;;. The van der Waals surface area contributed by atoms with E-state index in [1.54, 1.807) is 174 Å². The van der Waals surface area contributed by atoms with Gasteiger partial charge in [0.05, 0.1) is 100 Å². The van der Waals surface area contributed by atoms with Crippen molar-refractivity contribution in [3.63, 3.8) is 0 Å². The van der Waals surface area contributed by atoms with Gasteiger partial charge in [0, 0.05) is 89.3 Å². The van der Waals surface area contributed by atoms with Crippen molar-refractivity contribution in [3.8, 4) is 34.1 Å². The van der Waals surface area contributed by atoms with E-state index in [1.807, 2.05) is 97.9 Å². The smallest absolute Gasteiger partial charge is 0.262 e. The molecule has 0 saturated heterocycles. The fraction of sp³-hybridized carbons (Fsp3) is 0.147. The highest BCUT2D eigenvalue weighted by Crippen LogP contribution is 2.38. The number of pyridine rings is 1. The van der Waals surface area contributed by atoms with Gasteiger partial charge in [0.15, 0.2) is 77.2 Å². The Balaban J connectivity index is 0.000000129. The van der Waals surface area contributed by atoms with Crippen LogP contribution in [0.2, 0.25) is 35.3 Å². The van der Waals surface area contributed by atoms with E-state index < -0.39 is 5.92 Å². The first-order valence-corrected chi connectivity index (χ1v) is 53.8. The van der Waals surface area contributed by atoms with Crippen LogP contribution in [0.15, 0.2) is 329 Å². The van der Waals surface area contributed by atoms with Gasteiger partial charge in [0.25, 0.3) is 27.8 Å².